The van der Waals surface area contributed by atoms with Gasteiger partial charge in [-0.15, -0.1) is 0 Å². The van der Waals surface area contributed by atoms with Crippen molar-refractivity contribution in [2.75, 3.05) is 11.9 Å². The van der Waals surface area contributed by atoms with Crippen LogP contribution in [-0.4, -0.2) is 27.3 Å². The van der Waals surface area contributed by atoms with Gasteiger partial charge in [-0.2, -0.15) is 5.10 Å². The molecule has 7 nitrogen and oxygen atoms in total. The first-order chi connectivity index (χ1) is 12.6. The van der Waals surface area contributed by atoms with E-state index in [0.717, 1.165) is 5.56 Å². The van der Waals surface area contributed by atoms with Crippen LogP contribution in [0, 0.1) is 0 Å². The molecule has 2 aromatic heterocycles. The third-order valence-corrected chi connectivity index (χ3v) is 3.70. The first kappa shape index (κ1) is 17.3. The van der Waals surface area contributed by atoms with Crippen molar-refractivity contribution < 1.29 is 9.53 Å². The SMILES string of the molecule is CCOc1ncccc1C(=O)Nc1ccc(-c2ccc(=O)n(C)n2)cc1. The Labute approximate surface area is 150 Å². The molecule has 26 heavy (non-hydrogen) atoms. The molecule has 0 aliphatic carbocycles. The van der Waals surface area contributed by atoms with Gasteiger partial charge in [-0.1, -0.05) is 12.1 Å². The van der Waals surface area contributed by atoms with E-state index in [1.807, 2.05) is 19.1 Å². The number of carbonyl (C=O) groups is 1. The number of carbonyl (C=O) groups excluding carboxylic acids is 1. The highest BCUT2D eigenvalue weighted by Gasteiger charge is 2.13. The van der Waals surface area contributed by atoms with Crippen molar-refractivity contribution in [2.24, 2.45) is 7.05 Å². The fraction of sp³-hybridized carbons (Fsp3) is 0.158. The van der Waals surface area contributed by atoms with Crippen LogP contribution >= 0.6 is 0 Å². The van der Waals surface area contributed by atoms with Crippen LogP contribution in [-0.2, 0) is 7.05 Å². The van der Waals surface area contributed by atoms with Crippen molar-refractivity contribution in [2.45, 2.75) is 6.92 Å². The molecule has 2 heterocycles. The standard InChI is InChI=1S/C19H18N4O3/c1-3-26-19-15(5-4-12-20-19)18(25)21-14-8-6-13(7-9-14)16-10-11-17(24)23(2)22-16/h4-12H,3H2,1-2H3,(H,21,25). The lowest BCUT2D eigenvalue weighted by Gasteiger charge is -2.10. The van der Waals surface area contributed by atoms with Gasteiger partial charge in [-0.05, 0) is 37.3 Å². The fourth-order valence-electron chi connectivity index (χ4n) is 2.39. The maximum absolute atomic E-state index is 12.5. The Morgan fingerprint density at radius 2 is 1.92 bits per heavy atom. The van der Waals surface area contributed by atoms with E-state index in [4.69, 9.17) is 4.74 Å². The third-order valence-electron chi connectivity index (χ3n) is 3.70. The van der Waals surface area contributed by atoms with Gasteiger partial charge in [0.25, 0.3) is 11.5 Å². The lowest BCUT2D eigenvalue weighted by atomic mass is 10.1. The molecule has 3 aromatic rings. The molecular weight excluding hydrogens is 332 g/mol. The van der Waals surface area contributed by atoms with E-state index in [0.29, 0.717) is 29.4 Å². The van der Waals surface area contributed by atoms with Crippen LogP contribution in [0.2, 0.25) is 0 Å². The zero-order valence-electron chi connectivity index (χ0n) is 14.5. The number of nitrogens with one attached hydrogen (secondary N) is 1. The highest BCUT2D eigenvalue weighted by atomic mass is 16.5. The number of ether oxygens (including phenoxy) is 1. The van der Waals surface area contributed by atoms with E-state index in [-0.39, 0.29) is 11.5 Å². The van der Waals surface area contributed by atoms with E-state index < -0.39 is 0 Å². The van der Waals surface area contributed by atoms with Gasteiger partial charge in [0.1, 0.15) is 5.56 Å². The summed E-state index contributed by atoms with van der Waals surface area (Å²) in [6.07, 6.45) is 1.58. The molecule has 132 valence electrons. The lowest BCUT2D eigenvalue weighted by Crippen LogP contribution is -2.18. The van der Waals surface area contributed by atoms with Gasteiger partial charge in [0.05, 0.1) is 12.3 Å². The predicted octanol–water partition coefficient (Wildman–Crippen LogP) is 2.49. The molecule has 0 spiro atoms. The number of benzene rings is 1. The van der Waals surface area contributed by atoms with Crippen molar-refractivity contribution in [1.29, 1.82) is 0 Å². The van der Waals surface area contributed by atoms with Crippen LogP contribution in [0.5, 0.6) is 5.88 Å². The average molecular weight is 350 g/mol. The average Bonchev–Trinajstić information content (AvgIpc) is 2.65. The summed E-state index contributed by atoms with van der Waals surface area (Å²) in [5, 5.41) is 7.03. The molecule has 0 bridgehead atoms. The molecule has 0 radical (unpaired) electrons. The number of hydrogen-bond donors (Lipinski definition) is 1. The minimum Gasteiger partial charge on any atom is -0.477 e. The van der Waals surface area contributed by atoms with Gasteiger partial charge in [0.2, 0.25) is 5.88 Å². The summed E-state index contributed by atoms with van der Waals surface area (Å²) in [7, 11) is 1.60. The van der Waals surface area contributed by atoms with Crippen LogP contribution < -0.4 is 15.6 Å². The second-order valence-corrected chi connectivity index (χ2v) is 5.50. The van der Waals surface area contributed by atoms with Crippen molar-refractivity contribution in [3.05, 3.63) is 70.6 Å². The summed E-state index contributed by atoms with van der Waals surface area (Å²) in [6, 6.07) is 13.7. The second-order valence-electron chi connectivity index (χ2n) is 5.50. The Bertz CT molecular complexity index is 981. The van der Waals surface area contributed by atoms with Gasteiger partial charge in [0, 0.05) is 30.6 Å². The molecule has 0 saturated heterocycles. The van der Waals surface area contributed by atoms with Gasteiger partial charge in [-0.3, -0.25) is 9.59 Å². The lowest BCUT2D eigenvalue weighted by molar-refractivity contribution is 0.102. The van der Waals surface area contributed by atoms with E-state index in [1.54, 1.807) is 43.6 Å². The van der Waals surface area contributed by atoms with Gasteiger partial charge in [-0.25, -0.2) is 9.67 Å². The molecular formula is C19H18N4O3. The van der Waals surface area contributed by atoms with Crippen molar-refractivity contribution >= 4 is 11.6 Å². The van der Waals surface area contributed by atoms with Gasteiger partial charge >= 0.3 is 0 Å². The van der Waals surface area contributed by atoms with E-state index in [9.17, 15) is 9.59 Å². The predicted molar refractivity (Wildman–Crippen MR) is 98.3 cm³/mol. The summed E-state index contributed by atoms with van der Waals surface area (Å²) < 4.78 is 6.67. The number of nitrogens with zero attached hydrogens (tertiary/aromatic N) is 3. The summed E-state index contributed by atoms with van der Waals surface area (Å²) in [4.78, 5) is 28.0. The fourth-order valence-corrected chi connectivity index (χ4v) is 2.39. The van der Waals surface area contributed by atoms with Crippen LogP contribution in [0.3, 0.4) is 0 Å². The topological polar surface area (TPSA) is 86.1 Å². The smallest absolute Gasteiger partial charge is 0.266 e. The summed E-state index contributed by atoms with van der Waals surface area (Å²) in [5.74, 6) is 0.00746. The maximum atomic E-state index is 12.5. The zero-order valence-corrected chi connectivity index (χ0v) is 14.5. The quantitative estimate of drug-likeness (QED) is 0.764. The minimum absolute atomic E-state index is 0.167. The number of hydrogen-bond acceptors (Lipinski definition) is 5. The molecule has 0 atom stereocenters. The van der Waals surface area contributed by atoms with Gasteiger partial charge < -0.3 is 10.1 Å². The molecule has 7 heteroatoms. The van der Waals surface area contributed by atoms with Crippen LogP contribution in [0.4, 0.5) is 5.69 Å². The molecule has 0 unspecified atom stereocenters. The van der Waals surface area contributed by atoms with Crippen LogP contribution in [0.1, 0.15) is 17.3 Å². The Morgan fingerprint density at radius 1 is 1.15 bits per heavy atom. The van der Waals surface area contributed by atoms with Crippen molar-refractivity contribution in [3.63, 3.8) is 0 Å². The highest BCUT2D eigenvalue weighted by molar-refractivity contribution is 6.05. The summed E-state index contributed by atoms with van der Waals surface area (Å²) in [6.45, 7) is 2.26. The molecule has 0 aliphatic rings. The Kier molecular flexibility index (Phi) is 5.07. The molecule has 0 aliphatic heterocycles. The minimum atomic E-state index is -0.297. The number of pyridine rings is 1. The first-order valence-corrected chi connectivity index (χ1v) is 8.12. The molecule has 1 amide bonds. The zero-order chi connectivity index (χ0) is 18.5. The van der Waals surface area contributed by atoms with E-state index in [2.05, 4.69) is 15.4 Å². The first-order valence-electron chi connectivity index (χ1n) is 8.12. The Balaban J connectivity index is 1.78. The normalized spacial score (nSPS) is 10.4. The van der Waals surface area contributed by atoms with Crippen LogP contribution in [0.15, 0.2) is 59.5 Å². The monoisotopic (exact) mass is 350 g/mol. The molecule has 1 N–H and O–H groups in total. The second kappa shape index (κ2) is 7.60. The highest BCUT2D eigenvalue weighted by Crippen LogP contribution is 2.20. The van der Waals surface area contributed by atoms with Crippen molar-refractivity contribution in [1.82, 2.24) is 14.8 Å². The number of aromatic nitrogens is 3. The maximum Gasteiger partial charge on any atom is 0.266 e. The Morgan fingerprint density at radius 3 is 2.62 bits per heavy atom. The number of anilines is 1. The molecule has 0 fully saturated rings. The van der Waals surface area contributed by atoms with E-state index >= 15 is 0 Å². The van der Waals surface area contributed by atoms with E-state index in [1.165, 1.54) is 10.7 Å². The third kappa shape index (κ3) is 3.77. The van der Waals surface area contributed by atoms with Crippen molar-refractivity contribution in [3.8, 4) is 17.1 Å². The largest absolute Gasteiger partial charge is 0.477 e. The number of rotatable bonds is 5. The Hall–Kier alpha value is -3.48. The molecule has 3 rings (SSSR count). The van der Waals surface area contributed by atoms with Gasteiger partial charge in [0.15, 0.2) is 0 Å². The summed E-state index contributed by atoms with van der Waals surface area (Å²) in [5.41, 5.74) is 2.36. The number of aryl methyl sites for hydroxylation is 1. The van der Waals surface area contributed by atoms with Crippen LogP contribution in [0.25, 0.3) is 11.3 Å². The molecule has 0 saturated carbocycles. The summed E-state index contributed by atoms with van der Waals surface area (Å²) >= 11 is 0. The number of amides is 1. The molecule has 1 aromatic carbocycles.